The second kappa shape index (κ2) is 24.7. The van der Waals surface area contributed by atoms with Crippen LogP contribution in [0.4, 0.5) is 0 Å². The van der Waals surface area contributed by atoms with Gasteiger partial charge in [0.05, 0.1) is 13.2 Å². The van der Waals surface area contributed by atoms with Gasteiger partial charge in [-0.3, -0.25) is 0 Å². The Hall–Kier alpha value is -0.439. The van der Waals surface area contributed by atoms with Crippen LogP contribution in [0, 0.1) is 0 Å². The van der Waals surface area contributed by atoms with Crippen LogP contribution < -0.4 is 0 Å². The average Bonchev–Trinajstić information content (AvgIpc) is 2.79. The van der Waals surface area contributed by atoms with E-state index in [-0.39, 0.29) is 34.2 Å². The van der Waals surface area contributed by atoms with Crippen molar-refractivity contribution in [2.75, 3.05) is 13.2 Å². The molecule has 0 saturated carbocycles. The number of carbonyl (C=O) groups excluding carboxylic acids is 2. The van der Waals surface area contributed by atoms with Crippen LogP contribution in [0.1, 0.15) is 68.7 Å². The van der Waals surface area contributed by atoms with Crippen LogP contribution in [0.5, 0.6) is 0 Å². The molecular weight excluding hydrogens is 705 g/mol. The van der Waals surface area contributed by atoms with E-state index in [2.05, 4.69) is 105 Å². The van der Waals surface area contributed by atoms with Gasteiger partial charge in [-0.25, -0.2) is 9.59 Å². The lowest BCUT2D eigenvalue weighted by atomic mass is 10.4. The van der Waals surface area contributed by atoms with Crippen LogP contribution in [-0.2, 0) is 35.5 Å². The molecule has 0 saturated heterocycles. The van der Waals surface area contributed by atoms with Gasteiger partial charge >= 0.3 is 29.1 Å². The Morgan fingerprint density at radius 3 is 1.02 bits per heavy atom. The fourth-order valence-corrected chi connectivity index (χ4v) is 32.5. The monoisotopic (exact) mass is 786 g/mol. The maximum atomic E-state index is 11.4. The molecule has 0 radical (unpaired) electrons. The zero-order valence-electron chi connectivity index (χ0n) is 32.0. The number of hydrogen-bond acceptors (Lipinski definition) is 8. The highest BCUT2D eigenvalue weighted by Crippen LogP contribution is 2.27. The van der Waals surface area contributed by atoms with E-state index in [0.717, 1.165) is 24.9 Å². The molecule has 290 valence electrons. The first-order valence-electron chi connectivity index (χ1n) is 16.5. The molecule has 0 aromatic rings. The summed E-state index contributed by atoms with van der Waals surface area (Å²) in [6.07, 6.45) is 4.11. The van der Waals surface area contributed by atoms with Crippen molar-refractivity contribution in [3.8, 4) is 0 Å². The van der Waals surface area contributed by atoms with Crippen molar-refractivity contribution < 1.29 is 35.5 Å². The quantitative estimate of drug-likeness (QED) is 0.0492. The molecule has 0 aromatic carbocycles. The summed E-state index contributed by atoms with van der Waals surface area (Å²) < 4.78 is 36.0. The summed E-state index contributed by atoms with van der Waals surface area (Å²) in [5, 5.41) is 0. The molecule has 0 bridgehead atoms. The van der Waals surface area contributed by atoms with Crippen molar-refractivity contribution in [1.29, 1.82) is 0 Å². The Morgan fingerprint density at radius 1 is 0.500 bits per heavy atom. The minimum Gasteiger partial charge on any atom is -0.462 e. The van der Waals surface area contributed by atoms with Crippen LogP contribution in [0.15, 0.2) is 24.3 Å². The van der Waals surface area contributed by atoms with Gasteiger partial charge in [0.1, 0.15) is 0 Å². The van der Waals surface area contributed by atoms with Crippen molar-refractivity contribution in [1.82, 2.24) is 0 Å². The zero-order chi connectivity index (χ0) is 35.9. The third-order valence-corrected chi connectivity index (χ3v) is 27.9. The number of esters is 2. The van der Waals surface area contributed by atoms with Gasteiger partial charge in [-0.15, -0.1) is 0 Å². The van der Waals surface area contributed by atoms with E-state index >= 15 is 0 Å². The lowest BCUT2D eigenvalue weighted by molar-refractivity contribution is -0.139. The van der Waals surface area contributed by atoms with E-state index < -0.39 is 50.4 Å². The molecule has 48 heavy (non-hydrogen) atoms. The molecule has 0 aliphatic rings. The molecule has 0 atom stereocenters. The van der Waals surface area contributed by atoms with Crippen molar-refractivity contribution >= 4 is 62.3 Å². The standard InChI is InChI=1S/C17H38O4Si3.C14H32O4Si3.3CH4/c1-10-11-14-22(4,5)20-24(8,9)21-23(6,7)15-12-13-19-17(18)16(2)3;1-13(2)14(15)16-11-10-12-20(6,7)18-21(8,9)17-19(3,4)5;;;/h2,10-15H2,1,3-9H3;1,10-12H2,2-9H3;3*1H4. The highest BCUT2D eigenvalue weighted by Gasteiger charge is 2.39. The number of rotatable bonds is 21. The second-order valence-corrected chi connectivity index (χ2v) is 40.9. The summed E-state index contributed by atoms with van der Waals surface area (Å²) in [7, 11) is -11.0. The van der Waals surface area contributed by atoms with E-state index in [1.807, 2.05) is 0 Å². The minimum absolute atomic E-state index is 0. The van der Waals surface area contributed by atoms with E-state index in [4.69, 9.17) is 25.9 Å². The Balaban J connectivity index is -0.000000244. The summed E-state index contributed by atoms with van der Waals surface area (Å²) in [6.45, 7) is 42.2. The predicted octanol–water partition coefficient (Wildman–Crippen LogP) is 11.6. The van der Waals surface area contributed by atoms with Crippen LogP contribution in [0.25, 0.3) is 0 Å². The number of hydrogen-bond donors (Lipinski definition) is 0. The first-order valence-corrected chi connectivity index (χ1v) is 34.9. The lowest BCUT2D eigenvalue weighted by Crippen LogP contribution is -2.52. The summed E-state index contributed by atoms with van der Waals surface area (Å²) >= 11 is 0. The third kappa shape index (κ3) is 32.7. The fourth-order valence-electron chi connectivity index (χ4n) is 5.10. The molecule has 0 aromatic heterocycles. The lowest BCUT2D eigenvalue weighted by Gasteiger charge is -2.38. The van der Waals surface area contributed by atoms with Gasteiger partial charge in [-0.1, -0.05) is 55.2 Å². The topological polar surface area (TPSA) is 89.5 Å². The molecule has 0 aliphatic carbocycles. The van der Waals surface area contributed by atoms with Gasteiger partial charge in [-0.2, -0.15) is 0 Å². The van der Waals surface area contributed by atoms with E-state index in [0.29, 0.717) is 24.4 Å². The van der Waals surface area contributed by atoms with Gasteiger partial charge < -0.3 is 25.9 Å². The summed E-state index contributed by atoms with van der Waals surface area (Å²) in [5.74, 6) is -0.621. The predicted molar refractivity (Wildman–Crippen MR) is 225 cm³/mol. The van der Waals surface area contributed by atoms with Crippen LogP contribution in [0.3, 0.4) is 0 Å². The molecule has 0 N–H and O–H groups in total. The van der Waals surface area contributed by atoms with Gasteiger partial charge in [0.25, 0.3) is 0 Å². The van der Waals surface area contributed by atoms with Gasteiger partial charge in [0.15, 0.2) is 33.3 Å². The smallest absolute Gasteiger partial charge is 0.333 e. The summed E-state index contributed by atoms with van der Waals surface area (Å²) in [4.78, 5) is 22.7. The molecule has 8 nitrogen and oxygen atoms in total. The first-order chi connectivity index (χ1) is 20.0. The van der Waals surface area contributed by atoms with Crippen molar-refractivity contribution in [2.45, 2.75) is 172 Å². The third-order valence-electron chi connectivity index (χ3n) is 6.26. The van der Waals surface area contributed by atoms with E-state index in [9.17, 15) is 9.59 Å². The molecule has 14 heteroatoms. The van der Waals surface area contributed by atoms with Crippen molar-refractivity contribution in [2.24, 2.45) is 0 Å². The van der Waals surface area contributed by atoms with Gasteiger partial charge in [0.2, 0.25) is 0 Å². The van der Waals surface area contributed by atoms with Crippen molar-refractivity contribution in [3.63, 3.8) is 0 Å². The average molecular weight is 788 g/mol. The molecule has 0 fully saturated rings. The second-order valence-electron chi connectivity index (χ2n) is 15.7. The summed E-state index contributed by atoms with van der Waals surface area (Å²) in [6, 6.07) is 3.12. The fraction of sp³-hybridized carbons (Fsp3) is 0.824. The number of ether oxygens (including phenoxy) is 2. The number of carbonyl (C=O) groups is 2. The molecule has 0 amide bonds. The van der Waals surface area contributed by atoms with E-state index in [1.54, 1.807) is 13.8 Å². The molecule has 0 spiro atoms. The SMILES string of the molecule is C.C.C.C=C(C)C(=O)OCCC[Si](C)(C)O[Si](C)(C)O[Si](C)(C)C.C=C(C)C(=O)OCCC[Si](C)(C)O[Si](C)(C)O[Si](C)(C)CCCC. The van der Waals surface area contributed by atoms with Crippen LogP contribution >= 0.6 is 0 Å². The van der Waals surface area contributed by atoms with Crippen LogP contribution in [-0.4, -0.2) is 75.5 Å². The molecule has 0 aliphatic heterocycles. The summed E-state index contributed by atoms with van der Waals surface area (Å²) in [5.41, 5.74) is 0.892. The Kier molecular flexibility index (Phi) is 29.3. The zero-order valence-corrected chi connectivity index (χ0v) is 38.0. The van der Waals surface area contributed by atoms with Crippen molar-refractivity contribution in [3.05, 3.63) is 24.3 Å². The highest BCUT2D eigenvalue weighted by atomic mass is 28.5. The Bertz CT molecular complexity index is 944. The maximum Gasteiger partial charge on any atom is 0.333 e. The first kappa shape index (κ1) is 56.9. The Labute approximate surface area is 306 Å². The van der Waals surface area contributed by atoms with Gasteiger partial charge in [-0.05, 0) is 130 Å². The molecule has 0 rings (SSSR count). The Morgan fingerprint density at radius 2 is 0.771 bits per heavy atom. The molecule has 0 heterocycles. The van der Waals surface area contributed by atoms with E-state index in [1.165, 1.54) is 18.9 Å². The largest absolute Gasteiger partial charge is 0.462 e. The maximum absolute atomic E-state index is 11.4. The highest BCUT2D eigenvalue weighted by molar-refractivity contribution is 6.88. The minimum atomic E-state index is -2.12. The van der Waals surface area contributed by atoms with Gasteiger partial charge in [0, 0.05) is 11.1 Å². The molecule has 0 unspecified atom stereocenters. The molecular formula is C34H82O8Si6. The van der Waals surface area contributed by atoms with Crippen LogP contribution in [0.2, 0.25) is 103 Å². The normalized spacial score (nSPS) is 12.2. The number of unbranched alkanes of at least 4 members (excludes halogenated alkanes) is 1.